The lowest BCUT2D eigenvalue weighted by Crippen LogP contribution is -2.37. The minimum absolute atomic E-state index is 0.0304. The van der Waals surface area contributed by atoms with Crippen molar-refractivity contribution in [1.29, 1.82) is 0 Å². The predicted octanol–water partition coefficient (Wildman–Crippen LogP) is 2.60. The van der Waals surface area contributed by atoms with Gasteiger partial charge in [0.1, 0.15) is 0 Å². The maximum atomic E-state index is 13.1. The van der Waals surface area contributed by atoms with Gasteiger partial charge in [-0.25, -0.2) is 13.2 Å². The molecule has 2 aromatic rings. The average molecular weight is 356 g/mol. The first kappa shape index (κ1) is 16.1. The third kappa shape index (κ3) is 2.91. The molecule has 2 atom stereocenters. The number of hydrogen-bond donors (Lipinski definition) is 0. The lowest BCUT2D eigenvalue weighted by atomic mass is 10.1. The summed E-state index contributed by atoms with van der Waals surface area (Å²) in [6.45, 7) is 2.44. The summed E-state index contributed by atoms with van der Waals surface area (Å²) < 4.78 is 24.4. The Morgan fingerprint density at radius 1 is 1.00 bits per heavy atom. The normalized spacial score (nSPS) is 24.6. The summed E-state index contributed by atoms with van der Waals surface area (Å²) in [5.74, 6) is 0.0706. The lowest BCUT2D eigenvalue weighted by Gasteiger charge is -2.22. The van der Waals surface area contributed by atoms with Gasteiger partial charge in [0.25, 0.3) is 0 Å². The Bertz CT molecular complexity index is 911. The zero-order valence-electron chi connectivity index (χ0n) is 14.0. The van der Waals surface area contributed by atoms with Gasteiger partial charge >= 0.3 is 6.03 Å². The van der Waals surface area contributed by atoms with E-state index in [0.29, 0.717) is 6.54 Å². The summed E-state index contributed by atoms with van der Waals surface area (Å²) >= 11 is 0. The van der Waals surface area contributed by atoms with E-state index in [0.717, 1.165) is 16.8 Å². The average Bonchev–Trinajstić information content (AvgIpc) is 3.00. The van der Waals surface area contributed by atoms with Crippen LogP contribution in [0.5, 0.6) is 0 Å². The van der Waals surface area contributed by atoms with Crippen LogP contribution in [0.1, 0.15) is 11.1 Å². The molecule has 4 rings (SSSR count). The molecule has 0 bridgehead atoms. The number of amides is 2. The highest BCUT2D eigenvalue weighted by molar-refractivity contribution is 7.91. The van der Waals surface area contributed by atoms with Gasteiger partial charge < -0.3 is 4.90 Å². The Balaban J connectivity index is 1.71. The quantitative estimate of drug-likeness (QED) is 0.795. The summed E-state index contributed by atoms with van der Waals surface area (Å²) in [6.07, 6.45) is 0. The molecule has 2 saturated heterocycles. The second-order valence-corrected chi connectivity index (χ2v) is 8.97. The van der Waals surface area contributed by atoms with Crippen LogP contribution in [0.2, 0.25) is 0 Å². The monoisotopic (exact) mass is 356 g/mol. The number of anilines is 1. The highest BCUT2D eigenvalue weighted by Gasteiger charge is 2.53. The van der Waals surface area contributed by atoms with E-state index in [1.807, 2.05) is 61.5 Å². The molecule has 2 aromatic carbocycles. The number of fused-ring (bicyclic) bond motifs is 1. The summed E-state index contributed by atoms with van der Waals surface area (Å²) in [4.78, 5) is 16.5. The Kier molecular flexibility index (Phi) is 3.80. The van der Waals surface area contributed by atoms with Crippen molar-refractivity contribution in [2.75, 3.05) is 16.4 Å². The fourth-order valence-electron chi connectivity index (χ4n) is 3.86. The largest absolute Gasteiger partial charge is 0.325 e. The number of hydrogen-bond acceptors (Lipinski definition) is 3. The first-order chi connectivity index (χ1) is 11.9. The number of rotatable bonds is 3. The van der Waals surface area contributed by atoms with Crippen LogP contribution in [0.4, 0.5) is 10.5 Å². The van der Waals surface area contributed by atoms with E-state index in [9.17, 15) is 13.2 Å². The molecule has 5 nitrogen and oxygen atoms in total. The number of para-hydroxylation sites is 1. The van der Waals surface area contributed by atoms with Crippen molar-refractivity contribution in [3.8, 4) is 0 Å². The van der Waals surface area contributed by atoms with Crippen molar-refractivity contribution < 1.29 is 13.2 Å². The fourth-order valence-corrected chi connectivity index (χ4v) is 5.81. The van der Waals surface area contributed by atoms with E-state index in [1.54, 1.807) is 9.80 Å². The second kappa shape index (κ2) is 5.88. The van der Waals surface area contributed by atoms with Crippen LogP contribution in [0.15, 0.2) is 54.6 Å². The van der Waals surface area contributed by atoms with E-state index in [-0.39, 0.29) is 29.6 Å². The highest BCUT2D eigenvalue weighted by Crippen LogP contribution is 2.35. The van der Waals surface area contributed by atoms with Crippen LogP contribution < -0.4 is 4.90 Å². The minimum Gasteiger partial charge on any atom is -0.314 e. The molecule has 2 amide bonds. The van der Waals surface area contributed by atoms with Crippen molar-refractivity contribution in [1.82, 2.24) is 4.90 Å². The molecule has 0 spiro atoms. The van der Waals surface area contributed by atoms with Gasteiger partial charge in [-0.2, -0.15) is 0 Å². The van der Waals surface area contributed by atoms with Crippen molar-refractivity contribution >= 4 is 21.6 Å². The molecule has 25 heavy (non-hydrogen) atoms. The van der Waals surface area contributed by atoms with Gasteiger partial charge in [0.15, 0.2) is 9.84 Å². The van der Waals surface area contributed by atoms with Crippen LogP contribution in [0, 0.1) is 6.92 Å². The first-order valence-electron chi connectivity index (χ1n) is 8.35. The molecule has 0 aliphatic carbocycles. The van der Waals surface area contributed by atoms with Crippen molar-refractivity contribution in [3.63, 3.8) is 0 Å². The molecule has 0 unspecified atom stereocenters. The van der Waals surface area contributed by atoms with Gasteiger partial charge in [-0.3, -0.25) is 4.90 Å². The van der Waals surface area contributed by atoms with Gasteiger partial charge in [-0.15, -0.1) is 0 Å². The van der Waals surface area contributed by atoms with E-state index in [2.05, 4.69) is 0 Å². The topological polar surface area (TPSA) is 57.7 Å². The summed E-state index contributed by atoms with van der Waals surface area (Å²) in [5.41, 5.74) is 2.90. The second-order valence-electron chi connectivity index (χ2n) is 6.82. The van der Waals surface area contributed by atoms with Gasteiger partial charge in [-0.1, -0.05) is 48.0 Å². The minimum atomic E-state index is -3.14. The number of aryl methyl sites for hydroxylation is 1. The Morgan fingerprint density at radius 3 is 2.44 bits per heavy atom. The van der Waals surface area contributed by atoms with E-state index < -0.39 is 9.84 Å². The number of benzene rings is 2. The maximum Gasteiger partial charge on any atom is 0.325 e. The number of nitrogens with zero attached hydrogens (tertiary/aromatic N) is 2. The molecule has 6 heteroatoms. The van der Waals surface area contributed by atoms with Gasteiger partial charge in [0.05, 0.1) is 23.6 Å². The van der Waals surface area contributed by atoms with Crippen LogP contribution in [0.3, 0.4) is 0 Å². The highest BCUT2D eigenvalue weighted by atomic mass is 32.2. The Labute approximate surface area is 147 Å². The number of urea groups is 1. The third-order valence-corrected chi connectivity index (χ3v) is 6.65. The number of carbonyl (C=O) groups excluding carboxylic acids is 1. The van der Waals surface area contributed by atoms with Crippen molar-refractivity contribution in [3.05, 3.63) is 65.7 Å². The molecule has 2 fully saturated rings. The fraction of sp³-hybridized carbons (Fsp3) is 0.316. The smallest absolute Gasteiger partial charge is 0.314 e. The summed E-state index contributed by atoms with van der Waals surface area (Å²) in [7, 11) is -3.14. The lowest BCUT2D eigenvalue weighted by molar-refractivity contribution is 0.206. The molecule has 2 aliphatic heterocycles. The zero-order valence-corrected chi connectivity index (χ0v) is 14.8. The molecule has 0 radical (unpaired) electrons. The van der Waals surface area contributed by atoms with Gasteiger partial charge in [0.2, 0.25) is 0 Å². The standard InChI is InChI=1S/C19H20N2O3S/c1-14-6-5-7-15(10-14)11-20-17-12-25(23,24)13-18(17)21(19(20)22)16-8-3-2-4-9-16/h2-10,17-18H,11-13H2,1H3/t17-,18+/m0/s1. The van der Waals surface area contributed by atoms with Gasteiger partial charge in [0, 0.05) is 12.2 Å². The molecule has 0 N–H and O–H groups in total. The third-order valence-electron chi connectivity index (χ3n) is 4.95. The van der Waals surface area contributed by atoms with Gasteiger partial charge in [-0.05, 0) is 24.6 Å². The SMILES string of the molecule is Cc1cccc(CN2C(=O)N(c3ccccc3)[C@@H]3CS(=O)(=O)C[C@@H]32)c1. The Hall–Kier alpha value is -2.34. The summed E-state index contributed by atoms with van der Waals surface area (Å²) in [5, 5.41) is 0. The molecular formula is C19H20N2O3S. The van der Waals surface area contributed by atoms with E-state index >= 15 is 0 Å². The summed E-state index contributed by atoms with van der Waals surface area (Å²) in [6, 6.07) is 16.6. The van der Waals surface area contributed by atoms with Crippen LogP contribution >= 0.6 is 0 Å². The Morgan fingerprint density at radius 2 is 1.72 bits per heavy atom. The zero-order chi connectivity index (χ0) is 17.6. The predicted molar refractivity (Wildman–Crippen MR) is 97.3 cm³/mol. The van der Waals surface area contributed by atoms with Crippen LogP contribution in [-0.4, -0.2) is 42.9 Å². The number of sulfone groups is 1. The van der Waals surface area contributed by atoms with E-state index in [4.69, 9.17) is 0 Å². The number of carbonyl (C=O) groups is 1. The van der Waals surface area contributed by atoms with Crippen molar-refractivity contribution in [2.45, 2.75) is 25.6 Å². The maximum absolute atomic E-state index is 13.1. The van der Waals surface area contributed by atoms with Crippen LogP contribution in [-0.2, 0) is 16.4 Å². The molecule has 2 aliphatic rings. The molecular weight excluding hydrogens is 336 g/mol. The van der Waals surface area contributed by atoms with Crippen LogP contribution in [0.25, 0.3) is 0 Å². The first-order valence-corrected chi connectivity index (χ1v) is 10.2. The van der Waals surface area contributed by atoms with E-state index in [1.165, 1.54) is 0 Å². The molecule has 0 saturated carbocycles. The molecule has 0 aromatic heterocycles. The molecule has 2 heterocycles. The van der Waals surface area contributed by atoms with Crippen molar-refractivity contribution in [2.24, 2.45) is 0 Å². The molecule has 130 valence electrons.